The van der Waals surface area contributed by atoms with E-state index in [1.165, 1.54) is 4.31 Å². The Morgan fingerprint density at radius 1 is 1.38 bits per heavy atom. The van der Waals surface area contributed by atoms with Gasteiger partial charge in [0.05, 0.1) is 17.7 Å². The molecule has 0 aliphatic carbocycles. The average Bonchev–Trinajstić information content (AvgIpc) is 2.15. The molecule has 0 spiro atoms. The SMILES string of the molecule is COCC(Cl)CN(C)S(=O)(=O)CCC(C)C. The number of hydrogen-bond acceptors (Lipinski definition) is 3. The summed E-state index contributed by atoms with van der Waals surface area (Å²) in [6.07, 6.45) is 0.671. The number of halogens is 1. The summed E-state index contributed by atoms with van der Waals surface area (Å²) in [4.78, 5) is 0. The second kappa shape index (κ2) is 7.48. The molecule has 0 aliphatic heterocycles. The van der Waals surface area contributed by atoms with Crippen molar-refractivity contribution in [1.29, 1.82) is 0 Å². The maximum Gasteiger partial charge on any atom is 0.213 e. The maximum atomic E-state index is 11.8. The van der Waals surface area contributed by atoms with Crippen LogP contribution in [0.1, 0.15) is 20.3 Å². The lowest BCUT2D eigenvalue weighted by Crippen LogP contribution is -2.35. The Labute approximate surface area is 104 Å². The summed E-state index contributed by atoms with van der Waals surface area (Å²) in [6, 6.07) is 0. The molecule has 0 aromatic carbocycles. The van der Waals surface area contributed by atoms with E-state index in [0.717, 1.165) is 0 Å². The number of hydrogen-bond donors (Lipinski definition) is 0. The number of alkyl halides is 1. The predicted octanol–water partition coefficient (Wildman–Crippen LogP) is 1.55. The van der Waals surface area contributed by atoms with Crippen LogP contribution in [0.4, 0.5) is 0 Å². The minimum atomic E-state index is -3.18. The molecule has 0 aromatic rings. The van der Waals surface area contributed by atoms with Crippen LogP contribution in [0.5, 0.6) is 0 Å². The zero-order valence-corrected chi connectivity index (χ0v) is 12.0. The number of methoxy groups -OCH3 is 1. The fraction of sp³-hybridized carbons (Fsp3) is 1.00. The van der Waals surface area contributed by atoms with Crippen molar-refractivity contribution in [3.05, 3.63) is 0 Å². The summed E-state index contributed by atoms with van der Waals surface area (Å²) >= 11 is 5.91. The van der Waals surface area contributed by atoms with Gasteiger partial charge >= 0.3 is 0 Å². The Balaban J connectivity index is 4.19. The minimum absolute atomic E-state index is 0.178. The molecule has 16 heavy (non-hydrogen) atoms. The van der Waals surface area contributed by atoms with Gasteiger partial charge in [0.25, 0.3) is 0 Å². The Bertz CT molecular complexity index is 280. The summed E-state index contributed by atoms with van der Waals surface area (Å²) < 4.78 is 29.8. The molecule has 6 heteroatoms. The predicted molar refractivity (Wildman–Crippen MR) is 67.4 cm³/mol. The highest BCUT2D eigenvalue weighted by Crippen LogP contribution is 2.09. The lowest BCUT2D eigenvalue weighted by molar-refractivity contribution is 0.192. The Kier molecular flexibility index (Phi) is 7.55. The quantitative estimate of drug-likeness (QED) is 0.629. The largest absolute Gasteiger partial charge is 0.383 e. The molecule has 0 fully saturated rings. The molecule has 0 bridgehead atoms. The van der Waals surface area contributed by atoms with Crippen LogP contribution < -0.4 is 0 Å². The first-order valence-corrected chi connectivity index (χ1v) is 7.41. The minimum Gasteiger partial charge on any atom is -0.383 e. The summed E-state index contributed by atoms with van der Waals surface area (Å²) in [5, 5.41) is -0.302. The molecule has 0 amide bonds. The van der Waals surface area contributed by atoms with Gasteiger partial charge in [0.15, 0.2) is 0 Å². The molecular formula is C10H22ClNO3S. The molecule has 98 valence electrons. The normalized spacial score (nSPS) is 14.7. The van der Waals surface area contributed by atoms with Gasteiger partial charge < -0.3 is 4.74 Å². The van der Waals surface area contributed by atoms with Crippen LogP contribution in [-0.4, -0.2) is 51.2 Å². The lowest BCUT2D eigenvalue weighted by Gasteiger charge is -2.20. The molecule has 1 atom stereocenters. The molecule has 0 radical (unpaired) electrons. The van der Waals surface area contributed by atoms with E-state index in [9.17, 15) is 8.42 Å². The fourth-order valence-electron chi connectivity index (χ4n) is 1.17. The first-order chi connectivity index (χ1) is 7.29. The van der Waals surface area contributed by atoms with E-state index >= 15 is 0 Å². The van der Waals surface area contributed by atoms with E-state index in [1.807, 2.05) is 13.8 Å². The monoisotopic (exact) mass is 271 g/mol. The average molecular weight is 272 g/mol. The maximum absolute atomic E-state index is 11.8. The number of sulfonamides is 1. The van der Waals surface area contributed by atoms with E-state index in [0.29, 0.717) is 18.9 Å². The topological polar surface area (TPSA) is 46.6 Å². The van der Waals surface area contributed by atoms with Crippen molar-refractivity contribution in [3.63, 3.8) is 0 Å². The Morgan fingerprint density at radius 2 is 1.94 bits per heavy atom. The molecule has 0 heterocycles. The van der Waals surface area contributed by atoms with Crippen LogP contribution in [0.15, 0.2) is 0 Å². The van der Waals surface area contributed by atoms with Gasteiger partial charge in [-0.25, -0.2) is 12.7 Å². The lowest BCUT2D eigenvalue weighted by atomic mass is 10.2. The third-order valence-electron chi connectivity index (χ3n) is 2.23. The highest BCUT2D eigenvalue weighted by Gasteiger charge is 2.20. The number of rotatable bonds is 8. The summed E-state index contributed by atoms with van der Waals surface area (Å²) in [6.45, 7) is 4.65. The van der Waals surface area contributed by atoms with Gasteiger partial charge in [-0.1, -0.05) is 13.8 Å². The van der Waals surface area contributed by atoms with Crippen LogP contribution in [0.2, 0.25) is 0 Å². The molecule has 0 rings (SSSR count). The first kappa shape index (κ1) is 16.2. The van der Waals surface area contributed by atoms with Crippen molar-refractivity contribution in [2.24, 2.45) is 5.92 Å². The van der Waals surface area contributed by atoms with E-state index in [-0.39, 0.29) is 17.7 Å². The number of ether oxygens (including phenoxy) is 1. The molecular weight excluding hydrogens is 250 g/mol. The number of nitrogens with zero attached hydrogens (tertiary/aromatic N) is 1. The van der Waals surface area contributed by atoms with Crippen LogP contribution in [0.3, 0.4) is 0 Å². The van der Waals surface area contributed by atoms with Crippen molar-refractivity contribution in [3.8, 4) is 0 Å². The summed E-state index contributed by atoms with van der Waals surface area (Å²) in [5.41, 5.74) is 0. The molecule has 0 aromatic heterocycles. The van der Waals surface area contributed by atoms with E-state index in [2.05, 4.69) is 0 Å². The van der Waals surface area contributed by atoms with E-state index in [4.69, 9.17) is 16.3 Å². The van der Waals surface area contributed by atoms with Crippen LogP contribution in [0.25, 0.3) is 0 Å². The van der Waals surface area contributed by atoms with Gasteiger partial charge in [-0.15, -0.1) is 11.6 Å². The van der Waals surface area contributed by atoms with Crippen molar-refractivity contribution in [2.45, 2.75) is 25.6 Å². The Hall–Kier alpha value is 0.160. The van der Waals surface area contributed by atoms with Crippen LogP contribution in [-0.2, 0) is 14.8 Å². The van der Waals surface area contributed by atoms with Gasteiger partial charge in [-0.2, -0.15) is 0 Å². The van der Waals surface area contributed by atoms with Crippen molar-refractivity contribution in [1.82, 2.24) is 4.31 Å². The van der Waals surface area contributed by atoms with Gasteiger partial charge in [0, 0.05) is 20.7 Å². The highest BCUT2D eigenvalue weighted by molar-refractivity contribution is 7.89. The van der Waals surface area contributed by atoms with E-state index < -0.39 is 10.0 Å². The standard InChI is InChI=1S/C10H22ClNO3S/c1-9(2)5-6-16(13,14)12(3)7-10(11)8-15-4/h9-10H,5-8H2,1-4H3. The first-order valence-electron chi connectivity index (χ1n) is 5.36. The van der Waals surface area contributed by atoms with Crippen LogP contribution in [0, 0.1) is 5.92 Å². The molecule has 4 nitrogen and oxygen atoms in total. The van der Waals surface area contributed by atoms with Crippen molar-refractivity contribution >= 4 is 21.6 Å². The van der Waals surface area contributed by atoms with Gasteiger partial charge in [0.1, 0.15) is 0 Å². The molecule has 0 aliphatic rings. The summed E-state index contributed by atoms with van der Waals surface area (Å²) in [7, 11) is -0.0749. The Morgan fingerprint density at radius 3 is 2.38 bits per heavy atom. The highest BCUT2D eigenvalue weighted by atomic mass is 35.5. The smallest absolute Gasteiger partial charge is 0.213 e. The molecule has 0 saturated heterocycles. The van der Waals surface area contributed by atoms with Gasteiger partial charge in [-0.05, 0) is 12.3 Å². The fourth-order valence-corrected chi connectivity index (χ4v) is 3.07. The van der Waals surface area contributed by atoms with E-state index in [1.54, 1.807) is 14.2 Å². The van der Waals surface area contributed by atoms with Crippen molar-refractivity contribution in [2.75, 3.05) is 33.1 Å². The summed E-state index contributed by atoms with van der Waals surface area (Å²) in [5.74, 6) is 0.562. The van der Waals surface area contributed by atoms with Crippen molar-refractivity contribution < 1.29 is 13.2 Å². The second-order valence-corrected chi connectivity index (χ2v) is 7.14. The molecule has 1 unspecified atom stereocenters. The third kappa shape index (κ3) is 6.68. The van der Waals surface area contributed by atoms with Crippen LogP contribution >= 0.6 is 11.6 Å². The molecule has 0 N–H and O–H groups in total. The zero-order chi connectivity index (χ0) is 12.8. The van der Waals surface area contributed by atoms with Gasteiger partial charge in [-0.3, -0.25) is 0 Å². The van der Waals surface area contributed by atoms with Gasteiger partial charge in [0.2, 0.25) is 10.0 Å². The molecule has 0 saturated carbocycles. The zero-order valence-electron chi connectivity index (χ0n) is 10.4. The third-order valence-corrected chi connectivity index (χ3v) is 4.35. The second-order valence-electron chi connectivity index (χ2n) is 4.33.